The summed E-state index contributed by atoms with van der Waals surface area (Å²) >= 11 is 0. The first-order valence-corrected chi connectivity index (χ1v) is 6.76. The van der Waals surface area contributed by atoms with Crippen molar-refractivity contribution in [1.29, 1.82) is 0 Å². The maximum absolute atomic E-state index is 5.87. The fourth-order valence-corrected chi connectivity index (χ4v) is 1.75. The van der Waals surface area contributed by atoms with Gasteiger partial charge in [0.05, 0.1) is 20.3 Å². The SMILES string of the molecule is COc1ccc(C(C)NC(N)=NCC(C)C)cc1OC. The molecule has 0 aliphatic carbocycles. The standard InChI is InChI=1S/C15H25N3O2/c1-10(2)9-17-15(16)18-11(3)12-6-7-13(19-4)14(8-12)20-5/h6-8,10-11H,9H2,1-5H3,(H3,16,17,18). The quantitative estimate of drug-likeness (QED) is 0.619. The van der Waals surface area contributed by atoms with Gasteiger partial charge in [0.25, 0.3) is 0 Å². The third-order valence-corrected chi connectivity index (χ3v) is 2.90. The molecule has 1 aromatic carbocycles. The summed E-state index contributed by atoms with van der Waals surface area (Å²) in [7, 11) is 3.24. The Morgan fingerprint density at radius 1 is 1.20 bits per heavy atom. The first-order valence-electron chi connectivity index (χ1n) is 6.76. The molecule has 0 saturated heterocycles. The van der Waals surface area contributed by atoms with Crippen LogP contribution in [0.4, 0.5) is 0 Å². The summed E-state index contributed by atoms with van der Waals surface area (Å²) in [5.41, 5.74) is 6.93. The van der Waals surface area contributed by atoms with Crippen LogP contribution >= 0.6 is 0 Å². The molecule has 5 nitrogen and oxygen atoms in total. The van der Waals surface area contributed by atoms with Gasteiger partial charge >= 0.3 is 0 Å². The van der Waals surface area contributed by atoms with Gasteiger partial charge in [-0.25, -0.2) is 0 Å². The highest BCUT2D eigenvalue weighted by Gasteiger charge is 2.10. The molecule has 0 saturated carbocycles. The van der Waals surface area contributed by atoms with Crippen molar-refractivity contribution < 1.29 is 9.47 Å². The van der Waals surface area contributed by atoms with Crippen LogP contribution in [0.25, 0.3) is 0 Å². The number of benzene rings is 1. The molecule has 0 radical (unpaired) electrons. The lowest BCUT2D eigenvalue weighted by molar-refractivity contribution is 0.354. The molecule has 0 amide bonds. The van der Waals surface area contributed by atoms with Gasteiger partial charge in [-0.1, -0.05) is 19.9 Å². The second-order valence-corrected chi connectivity index (χ2v) is 5.10. The third-order valence-electron chi connectivity index (χ3n) is 2.90. The first kappa shape index (κ1) is 16.1. The lowest BCUT2D eigenvalue weighted by atomic mass is 10.1. The van der Waals surface area contributed by atoms with E-state index in [0.29, 0.717) is 23.4 Å². The fraction of sp³-hybridized carbons (Fsp3) is 0.533. The highest BCUT2D eigenvalue weighted by Crippen LogP contribution is 2.29. The molecule has 1 aromatic rings. The Morgan fingerprint density at radius 3 is 2.40 bits per heavy atom. The van der Waals surface area contributed by atoms with Crippen LogP contribution in [0.1, 0.15) is 32.4 Å². The van der Waals surface area contributed by atoms with Gasteiger partial charge in [0.2, 0.25) is 0 Å². The van der Waals surface area contributed by atoms with Crippen molar-refractivity contribution in [2.24, 2.45) is 16.6 Å². The summed E-state index contributed by atoms with van der Waals surface area (Å²) in [6, 6.07) is 5.85. The average molecular weight is 279 g/mol. The van der Waals surface area contributed by atoms with Crippen LogP contribution in [0, 0.1) is 5.92 Å². The zero-order valence-electron chi connectivity index (χ0n) is 12.9. The van der Waals surface area contributed by atoms with Gasteiger partial charge < -0.3 is 20.5 Å². The van der Waals surface area contributed by atoms with Gasteiger partial charge in [-0.15, -0.1) is 0 Å². The number of methoxy groups -OCH3 is 2. The molecule has 0 aromatic heterocycles. The number of nitrogens with zero attached hydrogens (tertiary/aromatic N) is 1. The molecular formula is C15H25N3O2. The number of hydrogen-bond donors (Lipinski definition) is 2. The van der Waals surface area contributed by atoms with Gasteiger partial charge in [-0.2, -0.15) is 0 Å². The number of nitrogens with two attached hydrogens (primary N) is 1. The minimum absolute atomic E-state index is 0.0470. The van der Waals surface area contributed by atoms with Crippen molar-refractivity contribution in [2.45, 2.75) is 26.8 Å². The van der Waals surface area contributed by atoms with E-state index >= 15 is 0 Å². The normalized spacial score (nSPS) is 13.2. The number of nitrogens with one attached hydrogen (secondary N) is 1. The predicted octanol–water partition coefficient (Wildman–Crippen LogP) is 2.33. The molecule has 20 heavy (non-hydrogen) atoms. The van der Waals surface area contributed by atoms with E-state index < -0.39 is 0 Å². The van der Waals surface area contributed by atoms with Gasteiger partial charge in [-0.05, 0) is 30.5 Å². The number of hydrogen-bond acceptors (Lipinski definition) is 3. The molecule has 0 spiro atoms. The Bertz CT molecular complexity index is 458. The number of guanidine groups is 1. The van der Waals surface area contributed by atoms with E-state index in [-0.39, 0.29) is 6.04 Å². The number of rotatable bonds is 6. The maximum Gasteiger partial charge on any atom is 0.189 e. The highest BCUT2D eigenvalue weighted by molar-refractivity contribution is 5.78. The zero-order valence-corrected chi connectivity index (χ0v) is 12.9. The van der Waals surface area contributed by atoms with Crippen LogP contribution in [0.3, 0.4) is 0 Å². The fourth-order valence-electron chi connectivity index (χ4n) is 1.75. The Morgan fingerprint density at radius 2 is 1.85 bits per heavy atom. The van der Waals surface area contributed by atoms with E-state index in [2.05, 4.69) is 24.2 Å². The van der Waals surface area contributed by atoms with Crippen molar-refractivity contribution in [1.82, 2.24) is 5.32 Å². The van der Waals surface area contributed by atoms with Crippen LogP contribution < -0.4 is 20.5 Å². The number of aliphatic imine (C=N–C) groups is 1. The van der Waals surface area contributed by atoms with E-state index in [1.54, 1.807) is 14.2 Å². The van der Waals surface area contributed by atoms with Crippen molar-refractivity contribution in [3.05, 3.63) is 23.8 Å². The van der Waals surface area contributed by atoms with Crippen molar-refractivity contribution in [2.75, 3.05) is 20.8 Å². The van der Waals surface area contributed by atoms with E-state index in [9.17, 15) is 0 Å². The molecule has 112 valence electrons. The summed E-state index contributed by atoms with van der Waals surface area (Å²) < 4.78 is 10.5. The Kier molecular flexibility index (Phi) is 6.15. The molecule has 0 aliphatic heterocycles. The van der Waals surface area contributed by atoms with Gasteiger partial charge in [-0.3, -0.25) is 4.99 Å². The second-order valence-electron chi connectivity index (χ2n) is 5.10. The number of ether oxygens (including phenoxy) is 2. The Labute approximate surface area is 121 Å². The molecule has 0 fully saturated rings. The summed E-state index contributed by atoms with van der Waals surface area (Å²) in [5, 5.41) is 3.17. The summed E-state index contributed by atoms with van der Waals surface area (Å²) in [4.78, 5) is 4.29. The molecule has 3 N–H and O–H groups in total. The van der Waals surface area contributed by atoms with Gasteiger partial charge in [0, 0.05) is 6.54 Å². The summed E-state index contributed by atoms with van der Waals surface area (Å²) in [5.74, 6) is 2.37. The van der Waals surface area contributed by atoms with Crippen LogP contribution in [0.15, 0.2) is 23.2 Å². The monoisotopic (exact) mass is 279 g/mol. The molecular weight excluding hydrogens is 254 g/mol. The van der Waals surface area contributed by atoms with E-state index in [1.165, 1.54) is 0 Å². The van der Waals surface area contributed by atoms with Gasteiger partial charge in [0.15, 0.2) is 17.5 Å². The smallest absolute Gasteiger partial charge is 0.189 e. The molecule has 0 bridgehead atoms. The van der Waals surface area contributed by atoms with Crippen LogP contribution in [-0.2, 0) is 0 Å². The molecule has 5 heteroatoms. The topological polar surface area (TPSA) is 68.9 Å². The van der Waals surface area contributed by atoms with Crippen molar-refractivity contribution in [3.63, 3.8) is 0 Å². The van der Waals surface area contributed by atoms with Crippen molar-refractivity contribution >= 4 is 5.96 Å². The van der Waals surface area contributed by atoms with Crippen LogP contribution in [0.5, 0.6) is 11.5 Å². The van der Waals surface area contributed by atoms with Crippen molar-refractivity contribution in [3.8, 4) is 11.5 Å². The van der Waals surface area contributed by atoms with Gasteiger partial charge in [0.1, 0.15) is 0 Å². The molecule has 0 heterocycles. The average Bonchev–Trinajstić information content (AvgIpc) is 2.44. The van der Waals surface area contributed by atoms with E-state index in [1.807, 2.05) is 25.1 Å². The molecule has 0 aliphatic rings. The third kappa shape index (κ3) is 4.64. The molecule has 1 rings (SSSR count). The summed E-state index contributed by atoms with van der Waals surface area (Å²) in [6.45, 7) is 6.96. The van der Waals surface area contributed by atoms with E-state index in [4.69, 9.17) is 15.2 Å². The first-order chi connectivity index (χ1) is 9.47. The van der Waals surface area contributed by atoms with Crippen LogP contribution in [0.2, 0.25) is 0 Å². The molecule has 1 unspecified atom stereocenters. The lowest BCUT2D eigenvalue weighted by Gasteiger charge is -2.17. The minimum Gasteiger partial charge on any atom is -0.493 e. The second kappa shape index (κ2) is 7.62. The molecule has 1 atom stereocenters. The van der Waals surface area contributed by atoms with E-state index in [0.717, 1.165) is 12.1 Å². The van der Waals surface area contributed by atoms with Crippen LogP contribution in [-0.4, -0.2) is 26.7 Å². The lowest BCUT2D eigenvalue weighted by Crippen LogP contribution is -2.34. The predicted molar refractivity (Wildman–Crippen MR) is 82.4 cm³/mol. The minimum atomic E-state index is 0.0470. The zero-order chi connectivity index (χ0) is 15.1. The summed E-state index contributed by atoms with van der Waals surface area (Å²) in [6.07, 6.45) is 0. The maximum atomic E-state index is 5.87. The Hall–Kier alpha value is -1.91. The largest absolute Gasteiger partial charge is 0.493 e. The highest BCUT2D eigenvalue weighted by atomic mass is 16.5. The Balaban J connectivity index is 2.77.